The van der Waals surface area contributed by atoms with Crippen LogP contribution >= 0.6 is 0 Å². The molecular weight excluding hydrogens is 236 g/mol. The van der Waals surface area contributed by atoms with E-state index < -0.39 is 24.1 Å². The summed E-state index contributed by atoms with van der Waals surface area (Å²) < 4.78 is 15.5. The summed E-state index contributed by atoms with van der Waals surface area (Å²) >= 11 is 0. The Kier molecular flexibility index (Phi) is 5.36. The molecule has 1 aliphatic rings. The molecule has 0 amide bonds. The number of rotatable bonds is 4. The summed E-state index contributed by atoms with van der Waals surface area (Å²) in [6.45, 7) is 6.10. The van der Waals surface area contributed by atoms with Crippen LogP contribution in [0.4, 0.5) is 0 Å². The zero-order valence-electron chi connectivity index (χ0n) is 10.4. The van der Waals surface area contributed by atoms with E-state index in [0.717, 1.165) is 0 Å². The molecule has 0 aromatic rings. The third kappa shape index (κ3) is 4.57. The van der Waals surface area contributed by atoms with Gasteiger partial charge in [0.2, 0.25) is 0 Å². The average molecular weight is 252 g/mol. The fourth-order valence-electron chi connectivity index (χ4n) is 1.52. The lowest BCUT2D eigenvalue weighted by Gasteiger charge is -2.30. The third-order valence-corrected chi connectivity index (χ3v) is 2.22. The second-order valence-electron chi connectivity index (χ2n) is 3.77. The van der Waals surface area contributed by atoms with Gasteiger partial charge in [-0.2, -0.15) is 0 Å². The highest BCUT2D eigenvalue weighted by Gasteiger charge is 2.29. The van der Waals surface area contributed by atoms with E-state index in [1.54, 1.807) is 18.2 Å². The summed E-state index contributed by atoms with van der Waals surface area (Å²) in [7, 11) is 0. The minimum atomic E-state index is -0.559. The molecule has 0 N–H and O–H groups in total. The lowest BCUT2D eigenvalue weighted by Crippen LogP contribution is -2.40. The minimum absolute atomic E-state index is 0.0269. The Morgan fingerprint density at radius 3 is 2.67 bits per heavy atom. The molecule has 1 rings (SSSR count). The second kappa shape index (κ2) is 6.79. The van der Waals surface area contributed by atoms with E-state index >= 15 is 0 Å². The van der Waals surface area contributed by atoms with Crippen LogP contribution in [0.5, 0.6) is 0 Å². The first kappa shape index (κ1) is 14.2. The molecule has 5 nitrogen and oxygen atoms in total. The summed E-state index contributed by atoms with van der Waals surface area (Å²) in [5.41, 5.74) is 2.61. The predicted octanol–water partition coefficient (Wildman–Crippen LogP) is 1.15. The van der Waals surface area contributed by atoms with Crippen molar-refractivity contribution < 1.29 is 23.8 Å². The molecule has 0 unspecified atom stereocenters. The van der Waals surface area contributed by atoms with Crippen molar-refractivity contribution in [3.8, 4) is 0 Å². The maximum Gasteiger partial charge on any atom is 0.303 e. The molecule has 0 aliphatic carbocycles. The molecule has 1 aliphatic heterocycles. The molecule has 18 heavy (non-hydrogen) atoms. The SMILES string of the molecule is C=C=C[C@@H]1C=C[C@@H](OC(C)=O)[C@@H](COC(C)=O)O1. The number of carbonyl (C=O) groups excluding carboxylic acids is 2. The number of ether oxygens (including phenoxy) is 3. The first-order valence-corrected chi connectivity index (χ1v) is 5.53. The smallest absolute Gasteiger partial charge is 0.303 e. The molecule has 0 aromatic heterocycles. The van der Waals surface area contributed by atoms with Crippen molar-refractivity contribution in [3.05, 3.63) is 30.5 Å². The predicted molar refractivity (Wildman–Crippen MR) is 63.7 cm³/mol. The van der Waals surface area contributed by atoms with E-state index in [4.69, 9.17) is 14.2 Å². The first-order valence-electron chi connectivity index (χ1n) is 5.53. The zero-order valence-corrected chi connectivity index (χ0v) is 10.4. The van der Waals surface area contributed by atoms with Gasteiger partial charge in [-0.1, -0.05) is 12.7 Å². The number of hydrogen-bond donors (Lipinski definition) is 0. The van der Waals surface area contributed by atoms with E-state index in [9.17, 15) is 9.59 Å². The van der Waals surface area contributed by atoms with Crippen LogP contribution in [-0.2, 0) is 23.8 Å². The zero-order chi connectivity index (χ0) is 13.5. The van der Waals surface area contributed by atoms with E-state index in [2.05, 4.69) is 12.3 Å². The highest BCUT2D eigenvalue weighted by atomic mass is 16.6. The highest BCUT2D eigenvalue weighted by molar-refractivity contribution is 5.66. The van der Waals surface area contributed by atoms with E-state index in [1.807, 2.05) is 0 Å². The topological polar surface area (TPSA) is 61.8 Å². The summed E-state index contributed by atoms with van der Waals surface area (Å²) in [5.74, 6) is -0.829. The van der Waals surface area contributed by atoms with Gasteiger partial charge in [-0.25, -0.2) is 0 Å². The number of esters is 2. The van der Waals surface area contributed by atoms with Crippen molar-refractivity contribution in [2.45, 2.75) is 32.2 Å². The van der Waals surface area contributed by atoms with Gasteiger partial charge in [-0.3, -0.25) is 9.59 Å². The second-order valence-corrected chi connectivity index (χ2v) is 3.77. The Labute approximate surface area is 106 Å². The van der Waals surface area contributed by atoms with Crippen molar-refractivity contribution in [2.75, 3.05) is 6.61 Å². The molecule has 0 aromatic carbocycles. The molecular formula is C13H16O5. The molecule has 0 saturated heterocycles. The van der Waals surface area contributed by atoms with Crippen LogP contribution < -0.4 is 0 Å². The van der Waals surface area contributed by atoms with Gasteiger partial charge in [0.25, 0.3) is 0 Å². The molecule has 0 saturated carbocycles. The Morgan fingerprint density at radius 1 is 1.39 bits per heavy atom. The molecule has 0 radical (unpaired) electrons. The Hall–Kier alpha value is -1.84. The van der Waals surface area contributed by atoms with E-state index in [1.165, 1.54) is 13.8 Å². The van der Waals surface area contributed by atoms with E-state index in [0.29, 0.717) is 0 Å². The average Bonchev–Trinajstić information content (AvgIpc) is 2.28. The molecule has 0 spiro atoms. The van der Waals surface area contributed by atoms with Gasteiger partial charge < -0.3 is 14.2 Å². The number of carbonyl (C=O) groups is 2. The largest absolute Gasteiger partial charge is 0.463 e. The van der Waals surface area contributed by atoms with Gasteiger partial charge >= 0.3 is 11.9 Å². The molecule has 98 valence electrons. The molecule has 0 fully saturated rings. The maximum atomic E-state index is 11.0. The molecule has 1 heterocycles. The molecule has 0 bridgehead atoms. The third-order valence-electron chi connectivity index (χ3n) is 2.22. The van der Waals surface area contributed by atoms with Gasteiger partial charge in [-0.15, -0.1) is 5.73 Å². The van der Waals surface area contributed by atoms with Crippen LogP contribution in [0, 0.1) is 0 Å². The quantitative estimate of drug-likeness (QED) is 0.426. The fraction of sp³-hybridized carbons (Fsp3) is 0.462. The lowest BCUT2D eigenvalue weighted by molar-refractivity contribution is -0.161. The number of hydrogen-bond acceptors (Lipinski definition) is 5. The monoisotopic (exact) mass is 252 g/mol. The van der Waals surface area contributed by atoms with Gasteiger partial charge in [0.15, 0.2) is 0 Å². The molecule has 5 heteroatoms. The Balaban J connectivity index is 2.71. The van der Waals surface area contributed by atoms with Gasteiger partial charge in [0.05, 0.1) is 0 Å². The van der Waals surface area contributed by atoms with Crippen LogP contribution in [-0.4, -0.2) is 36.9 Å². The van der Waals surface area contributed by atoms with E-state index in [-0.39, 0.29) is 12.7 Å². The maximum absolute atomic E-state index is 11.0. The normalized spacial score (nSPS) is 26.0. The lowest BCUT2D eigenvalue weighted by atomic mass is 10.1. The van der Waals surface area contributed by atoms with Crippen LogP contribution in [0.3, 0.4) is 0 Å². The van der Waals surface area contributed by atoms with Crippen molar-refractivity contribution in [2.24, 2.45) is 0 Å². The summed E-state index contributed by atoms with van der Waals surface area (Å²) in [6, 6.07) is 0. The summed E-state index contributed by atoms with van der Waals surface area (Å²) in [4.78, 5) is 21.7. The van der Waals surface area contributed by atoms with Gasteiger partial charge in [-0.05, 0) is 12.2 Å². The van der Waals surface area contributed by atoms with Gasteiger partial charge in [0.1, 0.15) is 24.9 Å². The van der Waals surface area contributed by atoms with Crippen LogP contribution in [0.2, 0.25) is 0 Å². The minimum Gasteiger partial charge on any atom is -0.463 e. The fourth-order valence-corrected chi connectivity index (χ4v) is 1.52. The Bertz CT molecular complexity index is 392. The van der Waals surface area contributed by atoms with Crippen LogP contribution in [0.1, 0.15) is 13.8 Å². The van der Waals surface area contributed by atoms with Gasteiger partial charge in [0, 0.05) is 13.8 Å². The van der Waals surface area contributed by atoms with Crippen molar-refractivity contribution >= 4 is 11.9 Å². The summed E-state index contributed by atoms with van der Waals surface area (Å²) in [6.07, 6.45) is 3.66. The Morgan fingerprint density at radius 2 is 2.11 bits per heavy atom. The van der Waals surface area contributed by atoms with Crippen molar-refractivity contribution in [1.29, 1.82) is 0 Å². The van der Waals surface area contributed by atoms with Crippen LogP contribution in [0.25, 0.3) is 0 Å². The summed E-state index contributed by atoms with van der Waals surface area (Å²) in [5, 5.41) is 0. The highest BCUT2D eigenvalue weighted by Crippen LogP contribution is 2.17. The van der Waals surface area contributed by atoms with Crippen molar-refractivity contribution in [3.63, 3.8) is 0 Å². The van der Waals surface area contributed by atoms with Crippen molar-refractivity contribution in [1.82, 2.24) is 0 Å². The van der Waals surface area contributed by atoms with Crippen LogP contribution in [0.15, 0.2) is 30.5 Å². The first-order chi connectivity index (χ1) is 8.52. The standard InChI is InChI=1S/C13H16O5/c1-4-5-11-6-7-12(17-10(3)15)13(18-11)8-16-9(2)14/h5-7,11-13H,1,8H2,2-3H3/t11-,12-,13-/m1/s1. The molecule has 3 atom stereocenters.